The molecule has 0 saturated heterocycles. The Bertz CT molecular complexity index is 898. The highest BCUT2D eigenvalue weighted by Crippen LogP contribution is 2.13. The standard InChI is InChI=1S/C22H24N4O2/c1-26(16-18-7-4-3-5-8-18)21-15-24-20(14-25-21)22(27)23-12-11-17-9-6-10-19(13-17)28-2/h3-10,13-15H,11-12,16H2,1-2H3,(H,23,27). The molecule has 6 nitrogen and oxygen atoms in total. The molecule has 0 spiro atoms. The van der Waals surface area contributed by atoms with Gasteiger partial charge in [-0.25, -0.2) is 9.97 Å². The number of hydrogen-bond donors (Lipinski definition) is 1. The van der Waals surface area contributed by atoms with E-state index in [1.54, 1.807) is 13.3 Å². The van der Waals surface area contributed by atoms with Crippen LogP contribution in [0.2, 0.25) is 0 Å². The van der Waals surface area contributed by atoms with Gasteiger partial charge in [0.2, 0.25) is 0 Å². The van der Waals surface area contributed by atoms with Gasteiger partial charge in [0.1, 0.15) is 17.3 Å². The number of anilines is 1. The number of aromatic nitrogens is 2. The Balaban J connectivity index is 1.51. The second-order valence-electron chi connectivity index (χ2n) is 6.46. The molecule has 0 bridgehead atoms. The summed E-state index contributed by atoms with van der Waals surface area (Å²) in [5.74, 6) is 1.30. The lowest BCUT2D eigenvalue weighted by molar-refractivity contribution is 0.0949. The van der Waals surface area contributed by atoms with Gasteiger partial charge in [-0.15, -0.1) is 0 Å². The van der Waals surface area contributed by atoms with E-state index < -0.39 is 0 Å². The minimum absolute atomic E-state index is 0.229. The molecule has 1 heterocycles. The van der Waals surface area contributed by atoms with Crippen molar-refractivity contribution in [3.05, 3.63) is 83.8 Å². The maximum atomic E-state index is 12.3. The van der Waals surface area contributed by atoms with Crippen LogP contribution in [-0.2, 0) is 13.0 Å². The number of amides is 1. The zero-order valence-corrected chi connectivity index (χ0v) is 16.1. The number of rotatable bonds is 8. The molecule has 1 amide bonds. The van der Waals surface area contributed by atoms with E-state index in [4.69, 9.17) is 4.74 Å². The highest BCUT2D eigenvalue weighted by atomic mass is 16.5. The normalized spacial score (nSPS) is 10.4. The molecule has 2 aromatic carbocycles. The molecule has 6 heteroatoms. The summed E-state index contributed by atoms with van der Waals surface area (Å²) in [6.45, 7) is 1.24. The molecular weight excluding hydrogens is 352 g/mol. The smallest absolute Gasteiger partial charge is 0.271 e. The monoisotopic (exact) mass is 376 g/mol. The maximum Gasteiger partial charge on any atom is 0.271 e. The van der Waals surface area contributed by atoms with Gasteiger partial charge in [0.05, 0.1) is 19.5 Å². The van der Waals surface area contributed by atoms with Crippen molar-refractivity contribution in [3.63, 3.8) is 0 Å². The molecule has 0 radical (unpaired) electrons. The van der Waals surface area contributed by atoms with Gasteiger partial charge in [-0.05, 0) is 29.7 Å². The predicted octanol–water partition coefficient (Wildman–Crippen LogP) is 3.09. The van der Waals surface area contributed by atoms with Crippen LogP contribution >= 0.6 is 0 Å². The van der Waals surface area contributed by atoms with Crippen LogP contribution in [0.1, 0.15) is 21.6 Å². The van der Waals surface area contributed by atoms with Crippen molar-refractivity contribution in [2.24, 2.45) is 0 Å². The van der Waals surface area contributed by atoms with Crippen LogP contribution in [0.25, 0.3) is 0 Å². The van der Waals surface area contributed by atoms with Gasteiger partial charge >= 0.3 is 0 Å². The lowest BCUT2D eigenvalue weighted by Crippen LogP contribution is -2.27. The summed E-state index contributed by atoms with van der Waals surface area (Å²) in [6.07, 6.45) is 3.85. The van der Waals surface area contributed by atoms with Crippen LogP contribution in [0.4, 0.5) is 5.82 Å². The van der Waals surface area contributed by atoms with E-state index in [1.807, 2.05) is 54.4 Å². The Hall–Kier alpha value is -3.41. The van der Waals surface area contributed by atoms with E-state index in [1.165, 1.54) is 11.8 Å². The average Bonchev–Trinajstić information content (AvgIpc) is 2.74. The molecule has 28 heavy (non-hydrogen) atoms. The van der Waals surface area contributed by atoms with E-state index >= 15 is 0 Å². The minimum atomic E-state index is -0.229. The summed E-state index contributed by atoms with van der Waals surface area (Å²) in [6, 6.07) is 17.9. The Morgan fingerprint density at radius 1 is 1.04 bits per heavy atom. The molecule has 0 aliphatic rings. The zero-order valence-electron chi connectivity index (χ0n) is 16.1. The SMILES string of the molecule is COc1cccc(CCNC(=O)c2cnc(N(C)Cc3ccccc3)cn2)c1. The second kappa shape index (κ2) is 9.50. The molecule has 0 unspecified atom stereocenters. The number of benzene rings is 2. The van der Waals surface area contributed by atoms with Gasteiger partial charge in [-0.1, -0.05) is 42.5 Å². The molecule has 0 aliphatic carbocycles. The molecule has 3 aromatic rings. The average molecular weight is 376 g/mol. The van der Waals surface area contributed by atoms with E-state index in [2.05, 4.69) is 27.4 Å². The third-order valence-corrected chi connectivity index (χ3v) is 4.36. The number of hydrogen-bond acceptors (Lipinski definition) is 5. The first-order chi connectivity index (χ1) is 13.7. The fourth-order valence-electron chi connectivity index (χ4n) is 2.81. The summed E-state index contributed by atoms with van der Waals surface area (Å²) < 4.78 is 5.21. The molecule has 1 N–H and O–H groups in total. The van der Waals surface area contributed by atoms with Crippen LogP contribution < -0.4 is 15.0 Å². The number of nitrogens with one attached hydrogen (secondary N) is 1. The first-order valence-electron chi connectivity index (χ1n) is 9.14. The lowest BCUT2D eigenvalue weighted by atomic mass is 10.1. The van der Waals surface area contributed by atoms with Crippen molar-refractivity contribution in [3.8, 4) is 5.75 Å². The molecule has 0 atom stereocenters. The van der Waals surface area contributed by atoms with Gasteiger partial charge < -0.3 is 15.0 Å². The summed E-state index contributed by atoms with van der Waals surface area (Å²) in [5.41, 5.74) is 2.59. The first kappa shape index (κ1) is 19.4. The highest BCUT2D eigenvalue weighted by molar-refractivity contribution is 5.92. The Labute approximate surface area is 165 Å². The lowest BCUT2D eigenvalue weighted by Gasteiger charge is -2.17. The Kier molecular flexibility index (Phi) is 6.57. The van der Waals surface area contributed by atoms with E-state index in [9.17, 15) is 4.79 Å². The topological polar surface area (TPSA) is 67.3 Å². The highest BCUT2D eigenvalue weighted by Gasteiger charge is 2.10. The maximum absolute atomic E-state index is 12.3. The van der Waals surface area contributed by atoms with Crippen molar-refractivity contribution in [1.82, 2.24) is 15.3 Å². The third-order valence-electron chi connectivity index (χ3n) is 4.36. The van der Waals surface area contributed by atoms with E-state index in [0.717, 1.165) is 23.7 Å². The van der Waals surface area contributed by atoms with Crippen molar-refractivity contribution in [1.29, 1.82) is 0 Å². The Morgan fingerprint density at radius 2 is 1.82 bits per heavy atom. The first-order valence-corrected chi connectivity index (χ1v) is 9.14. The van der Waals surface area contributed by atoms with Crippen LogP contribution in [0.5, 0.6) is 5.75 Å². The van der Waals surface area contributed by atoms with Crippen LogP contribution in [-0.4, -0.2) is 36.6 Å². The number of methoxy groups -OCH3 is 1. The summed E-state index contributed by atoms with van der Waals surface area (Å²) in [5, 5.41) is 2.88. The molecule has 144 valence electrons. The fraction of sp³-hybridized carbons (Fsp3) is 0.227. The summed E-state index contributed by atoms with van der Waals surface area (Å²) >= 11 is 0. The molecule has 1 aromatic heterocycles. The largest absolute Gasteiger partial charge is 0.497 e. The zero-order chi connectivity index (χ0) is 19.8. The van der Waals surface area contributed by atoms with Crippen LogP contribution in [0, 0.1) is 0 Å². The summed E-state index contributed by atoms with van der Waals surface area (Å²) in [7, 11) is 3.59. The van der Waals surface area contributed by atoms with Crippen molar-refractivity contribution < 1.29 is 9.53 Å². The third kappa shape index (κ3) is 5.30. The molecule has 0 fully saturated rings. The van der Waals surface area contributed by atoms with Crippen LogP contribution in [0.15, 0.2) is 67.0 Å². The summed E-state index contributed by atoms with van der Waals surface area (Å²) in [4.78, 5) is 22.9. The van der Waals surface area contributed by atoms with Gasteiger partial charge in [-0.2, -0.15) is 0 Å². The molecule has 0 saturated carbocycles. The van der Waals surface area contributed by atoms with Crippen molar-refractivity contribution in [2.45, 2.75) is 13.0 Å². The van der Waals surface area contributed by atoms with Crippen molar-refractivity contribution in [2.75, 3.05) is 25.6 Å². The van der Waals surface area contributed by atoms with E-state index in [0.29, 0.717) is 18.7 Å². The number of ether oxygens (including phenoxy) is 1. The number of carbonyl (C=O) groups excluding carboxylic acids is 1. The van der Waals surface area contributed by atoms with Gasteiger partial charge in [0.25, 0.3) is 5.91 Å². The number of nitrogens with zero attached hydrogens (tertiary/aromatic N) is 3. The second-order valence-corrected chi connectivity index (χ2v) is 6.46. The van der Waals surface area contributed by atoms with Crippen LogP contribution in [0.3, 0.4) is 0 Å². The van der Waals surface area contributed by atoms with Gasteiger partial charge in [-0.3, -0.25) is 4.79 Å². The number of carbonyl (C=O) groups is 1. The fourth-order valence-corrected chi connectivity index (χ4v) is 2.81. The Morgan fingerprint density at radius 3 is 2.54 bits per heavy atom. The molecular formula is C22H24N4O2. The van der Waals surface area contributed by atoms with Gasteiger partial charge in [0.15, 0.2) is 0 Å². The minimum Gasteiger partial charge on any atom is -0.497 e. The quantitative estimate of drug-likeness (QED) is 0.654. The molecule has 3 rings (SSSR count). The van der Waals surface area contributed by atoms with Gasteiger partial charge in [0, 0.05) is 20.1 Å². The predicted molar refractivity (Wildman–Crippen MR) is 110 cm³/mol. The van der Waals surface area contributed by atoms with E-state index in [-0.39, 0.29) is 5.91 Å². The molecule has 0 aliphatic heterocycles. The van der Waals surface area contributed by atoms with Crippen molar-refractivity contribution >= 4 is 11.7 Å².